The van der Waals surface area contributed by atoms with E-state index in [1.807, 2.05) is 0 Å². The number of amides is 1. The first-order valence-electron chi connectivity index (χ1n) is 8.57. The van der Waals surface area contributed by atoms with Gasteiger partial charge < -0.3 is 11.1 Å². The summed E-state index contributed by atoms with van der Waals surface area (Å²) in [5.41, 5.74) is 6.40. The molecule has 4 fully saturated rings. The quantitative estimate of drug-likeness (QED) is 0.793. The van der Waals surface area contributed by atoms with E-state index in [1.54, 1.807) is 11.8 Å². The van der Waals surface area contributed by atoms with Gasteiger partial charge in [0.25, 0.3) is 0 Å². The second-order valence-electron chi connectivity index (χ2n) is 7.90. The van der Waals surface area contributed by atoms with Gasteiger partial charge in [0.05, 0.1) is 6.04 Å². The average Bonchev–Trinajstić information content (AvgIpc) is 2.43. The van der Waals surface area contributed by atoms with Crippen LogP contribution >= 0.6 is 11.8 Å². The summed E-state index contributed by atoms with van der Waals surface area (Å²) in [5.74, 6) is 3.81. The van der Waals surface area contributed by atoms with Crippen LogP contribution in [-0.2, 0) is 4.79 Å². The van der Waals surface area contributed by atoms with Crippen molar-refractivity contribution in [1.29, 1.82) is 0 Å². The number of carbonyl (C=O) groups is 1. The normalized spacial score (nSPS) is 40.0. The lowest BCUT2D eigenvalue weighted by Gasteiger charge is -2.59. The molecular weight excluding hydrogens is 280 g/mol. The third-order valence-electron chi connectivity index (χ3n) is 6.33. The molecule has 4 aliphatic carbocycles. The van der Waals surface area contributed by atoms with Gasteiger partial charge in [0.2, 0.25) is 5.91 Å². The van der Waals surface area contributed by atoms with Gasteiger partial charge in [-0.1, -0.05) is 0 Å². The summed E-state index contributed by atoms with van der Waals surface area (Å²) in [5, 5.41) is 3.27. The summed E-state index contributed by atoms with van der Waals surface area (Å²) in [6, 6.07) is -0.0486. The number of thioether (sulfide) groups is 1. The van der Waals surface area contributed by atoms with E-state index in [4.69, 9.17) is 5.73 Å². The topological polar surface area (TPSA) is 55.1 Å². The van der Waals surface area contributed by atoms with E-state index >= 15 is 0 Å². The zero-order valence-corrected chi connectivity index (χ0v) is 14.3. The third kappa shape index (κ3) is 3.12. The van der Waals surface area contributed by atoms with Crippen molar-refractivity contribution in [2.75, 3.05) is 12.0 Å². The Morgan fingerprint density at radius 2 is 1.76 bits per heavy atom. The smallest absolute Gasteiger partial charge is 0.237 e. The third-order valence-corrected chi connectivity index (χ3v) is 6.98. The fraction of sp³-hybridized carbons (Fsp3) is 0.941. The predicted octanol–water partition coefficient (Wildman–Crippen LogP) is 2.79. The molecule has 0 aromatic heterocycles. The second-order valence-corrected chi connectivity index (χ2v) is 8.88. The zero-order valence-electron chi connectivity index (χ0n) is 13.4. The first-order valence-corrected chi connectivity index (χ1v) is 9.96. The summed E-state index contributed by atoms with van der Waals surface area (Å²) in [7, 11) is 0. The molecule has 0 aromatic carbocycles. The monoisotopic (exact) mass is 310 g/mol. The Bertz CT molecular complexity index is 363. The van der Waals surface area contributed by atoms with E-state index in [1.165, 1.54) is 38.5 Å². The van der Waals surface area contributed by atoms with Crippen molar-refractivity contribution < 1.29 is 4.79 Å². The number of hydrogen-bond donors (Lipinski definition) is 2. The minimum Gasteiger partial charge on any atom is -0.352 e. The number of nitrogens with one attached hydrogen (secondary N) is 1. The molecule has 21 heavy (non-hydrogen) atoms. The Kier molecular flexibility index (Phi) is 4.56. The molecule has 4 saturated carbocycles. The highest BCUT2D eigenvalue weighted by molar-refractivity contribution is 7.98. The highest BCUT2D eigenvalue weighted by Gasteiger charge is 2.53. The van der Waals surface area contributed by atoms with E-state index in [2.05, 4.69) is 18.5 Å². The number of carbonyl (C=O) groups excluding carboxylic acids is 1. The van der Waals surface area contributed by atoms with Crippen LogP contribution in [0.15, 0.2) is 0 Å². The van der Waals surface area contributed by atoms with Crippen LogP contribution in [0.4, 0.5) is 0 Å². The van der Waals surface area contributed by atoms with Gasteiger partial charge in [-0.05, 0) is 87.0 Å². The van der Waals surface area contributed by atoms with Crippen molar-refractivity contribution in [3.63, 3.8) is 0 Å². The Hall–Kier alpha value is -0.220. The summed E-state index contributed by atoms with van der Waals surface area (Å²) >= 11 is 1.75. The van der Waals surface area contributed by atoms with Crippen LogP contribution in [0.5, 0.6) is 0 Å². The van der Waals surface area contributed by atoms with E-state index in [9.17, 15) is 4.79 Å². The molecule has 3 N–H and O–H groups in total. The molecule has 0 spiro atoms. The minimum atomic E-state index is -0.339. The van der Waals surface area contributed by atoms with Crippen molar-refractivity contribution in [2.24, 2.45) is 28.9 Å². The van der Waals surface area contributed by atoms with Crippen LogP contribution < -0.4 is 11.1 Å². The maximum absolute atomic E-state index is 12.3. The van der Waals surface area contributed by atoms with Crippen molar-refractivity contribution in [1.82, 2.24) is 5.32 Å². The predicted molar refractivity (Wildman–Crippen MR) is 89.2 cm³/mol. The molecule has 2 unspecified atom stereocenters. The first kappa shape index (κ1) is 15.7. The zero-order chi connectivity index (χ0) is 15.0. The molecule has 0 saturated heterocycles. The Morgan fingerprint density at radius 3 is 2.24 bits per heavy atom. The molecule has 4 bridgehead atoms. The summed E-state index contributed by atoms with van der Waals surface area (Å²) in [6.07, 6.45) is 11.2. The molecule has 4 aliphatic rings. The van der Waals surface area contributed by atoms with E-state index in [-0.39, 0.29) is 11.9 Å². The molecule has 2 atom stereocenters. The molecule has 4 rings (SSSR count). The molecule has 0 aliphatic heterocycles. The summed E-state index contributed by atoms with van der Waals surface area (Å²) in [4.78, 5) is 12.3. The first-order chi connectivity index (χ1) is 10.0. The maximum atomic E-state index is 12.3. The van der Waals surface area contributed by atoms with Gasteiger partial charge in [-0.2, -0.15) is 11.8 Å². The lowest BCUT2D eigenvalue weighted by Crippen LogP contribution is -2.57. The van der Waals surface area contributed by atoms with Crippen LogP contribution in [0.1, 0.15) is 51.9 Å². The van der Waals surface area contributed by atoms with Gasteiger partial charge in [-0.3, -0.25) is 4.79 Å². The molecule has 0 radical (unpaired) electrons. The molecule has 1 amide bonds. The van der Waals surface area contributed by atoms with Gasteiger partial charge in [-0.25, -0.2) is 0 Å². The van der Waals surface area contributed by atoms with Gasteiger partial charge in [0.15, 0.2) is 0 Å². The molecule has 120 valence electrons. The van der Waals surface area contributed by atoms with Crippen LogP contribution in [0, 0.1) is 23.2 Å². The largest absolute Gasteiger partial charge is 0.352 e. The van der Waals surface area contributed by atoms with Gasteiger partial charge in [-0.15, -0.1) is 0 Å². The Labute approximate surface area is 133 Å². The number of hydrogen-bond acceptors (Lipinski definition) is 3. The molecular formula is C17H30N2OS. The van der Waals surface area contributed by atoms with Gasteiger partial charge >= 0.3 is 0 Å². The Balaban J connectivity index is 1.60. The van der Waals surface area contributed by atoms with E-state index in [0.29, 0.717) is 11.5 Å². The van der Waals surface area contributed by atoms with Gasteiger partial charge in [0.1, 0.15) is 0 Å². The van der Waals surface area contributed by atoms with Crippen LogP contribution in [0.3, 0.4) is 0 Å². The standard InChI is InChI=1S/C17H30N2OS/c1-11(19-16(20)15(18)3-4-21-2)17-8-12-5-13(9-17)7-14(6-12)10-17/h11-15H,3-10,18H2,1-2H3,(H,19,20). The lowest BCUT2D eigenvalue weighted by atomic mass is 9.48. The van der Waals surface area contributed by atoms with E-state index < -0.39 is 0 Å². The fourth-order valence-corrected chi connectivity index (χ4v) is 6.05. The summed E-state index contributed by atoms with van der Waals surface area (Å²) in [6.45, 7) is 2.23. The number of rotatable bonds is 6. The highest BCUT2D eigenvalue weighted by Crippen LogP contribution is 2.61. The highest BCUT2D eigenvalue weighted by atomic mass is 32.2. The lowest BCUT2D eigenvalue weighted by molar-refractivity contribution is -0.127. The number of nitrogens with two attached hydrogens (primary N) is 1. The van der Waals surface area contributed by atoms with Crippen LogP contribution in [0.25, 0.3) is 0 Å². The molecule has 4 heteroatoms. The Morgan fingerprint density at radius 1 is 1.24 bits per heavy atom. The SMILES string of the molecule is CSCCC(N)C(=O)NC(C)C12CC3CC(CC(C3)C1)C2. The van der Waals surface area contributed by atoms with Gasteiger partial charge in [0, 0.05) is 6.04 Å². The second kappa shape index (κ2) is 6.11. The molecule has 0 aromatic rings. The average molecular weight is 311 g/mol. The fourth-order valence-electron chi connectivity index (χ4n) is 5.56. The van der Waals surface area contributed by atoms with Crippen LogP contribution in [-0.4, -0.2) is 30.0 Å². The molecule has 3 nitrogen and oxygen atoms in total. The minimum absolute atomic E-state index is 0.0623. The maximum Gasteiger partial charge on any atom is 0.237 e. The molecule has 0 heterocycles. The van der Waals surface area contributed by atoms with Crippen molar-refractivity contribution in [3.05, 3.63) is 0 Å². The van der Waals surface area contributed by atoms with E-state index in [0.717, 1.165) is 29.9 Å². The van der Waals surface area contributed by atoms with Crippen LogP contribution in [0.2, 0.25) is 0 Å². The summed E-state index contributed by atoms with van der Waals surface area (Å²) < 4.78 is 0. The van der Waals surface area contributed by atoms with Crippen molar-refractivity contribution in [2.45, 2.75) is 64.0 Å². The van der Waals surface area contributed by atoms with Crippen molar-refractivity contribution >= 4 is 17.7 Å². The van der Waals surface area contributed by atoms with Crippen molar-refractivity contribution in [3.8, 4) is 0 Å².